The van der Waals surface area contributed by atoms with Crippen LogP contribution in [0.3, 0.4) is 0 Å². The van der Waals surface area contributed by atoms with Gasteiger partial charge >= 0.3 is 0 Å². The molecular formula is C14H22N2O. The van der Waals surface area contributed by atoms with Crippen molar-refractivity contribution in [1.82, 2.24) is 5.32 Å². The first kappa shape index (κ1) is 13.7. The number of carbonyl (C=O) groups excluding carboxylic acids is 1. The van der Waals surface area contributed by atoms with Gasteiger partial charge in [0.15, 0.2) is 0 Å². The van der Waals surface area contributed by atoms with Crippen molar-refractivity contribution in [3.63, 3.8) is 0 Å². The molecule has 1 amide bonds. The first-order valence-electron chi connectivity index (χ1n) is 6.21. The van der Waals surface area contributed by atoms with Crippen LogP contribution in [-0.2, 0) is 4.79 Å². The third kappa shape index (κ3) is 5.00. The molecule has 2 N–H and O–H groups in total. The third-order valence-electron chi connectivity index (χ3n) is 2.66. The maximum absolute atomic E-state index is 11.7. The van der Waals surface area contributed by atoms with Crippen molar-refractivity contribution in [2.45, 2.75) is 33.6 Å². The number of hydrogen-bond donors (Lipinski definition) is 2. The van der Waals surface area contributed by atoms with Crippen molar-refractivity contribution in [2.75, 3.05) is 18.4 Å². The summed E-state index contributed by atoms with van der Waals surface area (Å²) in [5.74, 6) is 0.0925. The summed E-state index contributed by atoms with van der Waals surface area (Å²) in [6.07, 6.45) is 1.45. The van der Waals surface area contributed by atoms with Crippen LogP contribution in [0.25, 0.3) is 0 Å². The van der Waals surface area contributed by atoms with Crippen molar-refractivity contribution in [1.29, 1.82) is 0 Å². The zero-order chi connectivity index (χ0) is 12.7. The van der Waals surface area contributed by atoms with Crippen LogP contribution < -0.4 is 10.6 Å². The average molecular weight is 234 g/mol. The summed E-state index contributed by atoms with van der Waals surface area (Å²) in [5, 5.41) is 6.15. The highest BCUT2D eigenvalue weighted by molar-refractivity contribution is 5.91. The molecule has 0 saturated heterocycles. The molecule has 1 rings (SSSR count). The van der Waals surface area contributed by atoms with Crippen molar-refractivity contribution < 1.29 is 4.79 Å². The SMILES string of the molecule is CCNCCCC(=O)Nc1ccc(C)cc1C. The molecule has 3 heteroatoms. The highest BCUT2D eigenvalue weighted by Gasteiger charge is 2.04. The largest absolute Gasteiger partial charge is 0.326 e. The molecular weight excluding hydrogens is 212 g/mol. The van der Waals surface area contributed by atoms with E-state index in [4.69, 9.17) is 0 Å². The minimum Gasteiger partial charge on any atom is -0.326 e. The maximum Gasteiger partial charge on any atom is 0.224 e. The fraction of sp³-hybridized carbons (Fsp3) is 0.500. The van der Waals surface area contributed by atoms with Gasteiger partial charge in [-0.1, -0.05) is 24.6 Å². The highest BCUT2D eigenvalue weighted by atomic mass is 16.1. The molecule has 0 aliphatic rings. The lowest BCUT2D eigenvalue weighted by Gasteiger charge is -2.09. The lowest BCUT2D eigenvalue weighted by atomic mass is 10.1. The standard InChI is InChI=1S/C14H22N2O/c1-4-15-9-5-6-14(17)16-13-8-7-11(2)10-12(13)3/h7-8,10,15H,4-6,9H2,1-3H3,(H,16,17). The fourth-order valence-corrected chi connectivity index (χ4v) is 1.72. The van der Waals surface area contributed by atoms with Gasteiger partial charge in [0, 0.05) is 12.1 Å². The predicted octanol–water partition coefficient (Wildman–Crippen LogP) is 2.63. The number of aryl methyl sites for hydroxylation is 2. The molecule has 0 bridgehead atoms. The van der Waals surface area contributed by atoms with E-state index >= 15 is 0 Å². The number of benzene rings is 1. The van der Waals surface area contributed by atoms with E-state index in [1.54, 1.807) is 0 Å². The van der Waals surface area contributed by atoms with Crippen LogP contribution in [0.15, 0.2) is 18.2 Å². The minimum absolute atomic E-state index is 0.0925. The monoisotopic (exact) mass is 234 g/mol. The Labute approximate surface area is 104 Å². The molecule has 0 aliphatic carbocycles. The zero-order valence-electron chi connectivity index (χ0n) is 11.0. The number of nitrogens with one attached hydrogen (secondary N) is 2. The number of carbonyl (C=O) groups is 1. The summed E-state index contributed by atoms with van der Waals surface area (Å²) in [4.78, 5) is 11.7. The summed E-state index contributed by atoms with van der Waals surface area (Å²) in [6, 6.07) is 6.06. The van der Waals surface area contributed by atoms with Crippen molar-refractivity contribution in [2.24, 2.45) is 0 Å². The molecule has 1 aromatic rings. The van der Waals surface area contributed by atoms with Gasteiger partial charge in [-0.05, 0) is 45.0 Å². The minimum atomic E-state index is 0.0925. The molecule has 0 aromatic heterocycles. The predicted molar refractivity (Wildman–Crippen MR) is 72.3 cm³/mol. The van der Waals surface area contributed by atoms with Gasteiger partial charge in [-0.3, -0.25) is 4.79 Å². The molecule has 0 aliphatic heterocycles. The van der Waals surface area contributed by atoms with E-state index < -0.39 is 0 Å². The Morgan fingerprint density at radius 3 is 2.71 bits per heavy atom. The smallest absolute Gasteiger partial charge is 0.224 e. The van der Waals surface area contributed by atoms with Crippen molar-refractivity contribution in [3.8, 4) is 0 Å². The summed E-state index contributed by atoms with van der Waals surface area (Å²) in [6.45, 7) is 7.99. The molecule has 94 valence electrons. The summed E-state index contributed by atoms with van der Waals surface area (Å²) in [7, 11) is 0. The van der Waals surface area contributed by atoms with Gasteiger partial charge in [-0.2, -0.15) is 0 Å². The van der Waals surface area contributed by atoms with E-state index in [-0.39, 0.29) is 5.91 Å². The van der Waals surface area contributed by atoms with Gasteiger partial charge in [0.05, 0.1) is 0 Å². The number of hydrogen-bond acceptors (Lipinski definition) is 2. The van der Waals surface area contributed by atoms with Gasteiger partial charge in [0.25, 0.3) is 0 Å². The van der Waals surface area contributed by atoms with Gasteiger partial charge in [0.2, 0.25) is 5.91 Å². The molecule has 1 aromatic carbocycles. The van der Waals surface area contributed by atoms with Crippen LogP contribution in [0.1, 0.15) is 30.9 Å². The fourth-order valence-electron chi connectivity index (χ4n) is 1.72. The van der Waals surface area contributed by atoms with Crippen LogP contribution in [0.4, 0.5) is 5.69 Å². The second kappa shape index (κ2) is 7.07. The second-order valence-electron chi connectivity index (χ2n) is 4.32. The van der Waals surface area contributed by atoms with Crippen LogP contribution in [0.2, 0.25) is 0 Å². The van der Waals surface area contributed by atoms with Gasteiger partial charge in [0.1, 0.15) is 0 Å². The van der Waals surface area contributed by atoms with Crippen LogP contribution in [0.5, 0.6) is 0 Å². The highest BCUT2D eigenvalue weighted by Crippen LogP contribution is 2.16. The zero-order valence-corrected chi connectivity index (χ0v) is 11.0. The Balaban J connectivity index is 2.40. The lowest BCUT2D eigenvalue weighted by molar-refractivity contribution is -0.116. The Hall–Kier alpha value is -1.35. The Kier molecular flexibility index (Phi) is 5.70. The van der Waals surface area contributed by atoms with Crippen LogP contribution >= 0.6 is 0 Å². The van der Waals surface area contributed by atoms with Gasteiger partial charge < -0.3 is 10.6 Å². The first-order chi connectivity index (χ1) is 8.13. The van der Waals surface area contributed by atoms with E-state index in [0.29, 0.717) is 6.42 Å². The van der Waals surface area contributed by atoms with E-state index in [1.807, 2.05) is 19.1 Å². The quantitative estimate of drug-likeness (QED) is 0.743. The Bertz CT molecular complexity index is 374. The van der Waals surface area contributed by atoms with E-state index in [2.05, 4.69) is 30.5 Å². The summed E-state index contributed by atoms with van der Waals surface area (Å²) < 4.78 is 0. The Morgan fingerprint density at radius 2 is 2.06 bits per heavy atom. The van der Waals surface area contributed by atoms with Crippen LogP contribution in [-0.4, -0.2) is 19.0 Å². The lowest BCUT2D eigenvalue weighted by Crippen LogP contribution is -2.18. The van der Waals surface area contributed by atoms with Crippen LogP contribution in [0, 0.1) is 13.8 Å². The Morgan fingerprint density at radius 1 is 1.29 bits per heavy atom. The number of amides is 1. The third-order valence-corrected chi connectivity index (χ3v) is 2.66. The summed E-state index contributed by atoms with van der Waals surface area (Å²) >= 11 is 0. The maximum atomic E-state index is 11.7. The van der Waals surface area contributed by atoms with Crippen molar-refractivity contribution >= 4 is 11.6 Å². The van der Waals surface area contributed by atoms with Crippen molar-refractivity contribution in [3.05, 3.63) is 29.3 Å². The molecule has 0 spiro atoms. The van der Waals surface area contributed by atoms with Gasteiger partial charge in [-0.25, -0.2) is 0 Å². The molecule has 3 nitrogen and oxygen atoms in total. The normalized spacial score (nSPS) is 10.3. The summed E-state index contributed by atoms with van der Waals surface area (Å²) in [5.41, 5.74) is 3.25. The average Bonchev–Trinajstić information content (AvgIpc) is 2.28. The molecule has 17 heavy (non-hydrogen) atoms. The molecule has 0 heterocycles. The topological polar surface area (TPSA) is 41.1 Å². The van der Waals surface area contributed by atoms with E-state index in [0.717, 1.165) is 30.8 Å². The van der Waals surface area contributed by atoms with E-state index in [1.165, 1.54) is 5.56 Å². The number of anilines is 1. The number of rotatable bonds is 6. The first-order valence-corrected chi connectivity index (χ1v) is 6.21. The molecule has 0 saturated carbocycles. The van der Waals surface area contributed by atoms with E-state index in [9.17, 15) is 4.79 Å². The molecule has 0 fully saturated rings. The van der Waals surface area contributed by atoms with Gasteiger partial charge in [-0.15, -0.1) is 0 Å². The molecule has 0 unspecified atom stereocenters. The second-order valence-corrected chi connectivity index (χ2v) is 4.32. The molecule has 0 atom stereocenters. The molecule has 0 radical (unpaired) electrons.